The largest absolute Gasteiger partial charge is 2.00 e. The third-order valence-electron chi connectivity index (χ3n) is 8.84. The fraction of sp³-hybridized carbons (Fsp3) is 1.00. The van der Waals surface area contributed by atoms with Gasteiger partial charge in [-0.3, -0.25) is 0 Å². The fourth-order valence-corrected chi connectivity index (χ4v) is 7.65. The van der Waals surface area contributed by atoms with Crippen LogP contribution in [0.2, 0.25) is 0 Å². The van der Waals surface area contributed by atoms with E-state index in [1.165, 1.54) is 103 Å². The van der Waals surface area contributed by atoms with E-state index in [9.17, 15) is 25.9 Å². The van der Waals surface area contributed by atoms with Crippen LogP contribution in [-0.2, 0) is 20.2 Å². The van der Waals surface area contributed by atoms with E-state index in [0.29, 0.717) is 25.7 Å². The van der Waals surface area contributed by atoms with E-state index in [2.05, 4.69) is 27.7 Å². The van der Waals surface area contributed by atoms with Crippen LogP contribution >= 0.6 is 0 Å². The molecule has 0 spiro atoms. The summed E-state index contributed by atoms with van der Waals surface area (Å²) in [7, 11) is -8.22. The second kappa shape index (κ2) is 36.7. The summed E-state index contributed by atoms with van der Waals surface area (Å²) in [5.74, 6) is 0. The van der Waals surface area contributed by atoms with Gasteiger partial charge in [0.1, 0.15) is 0 Å². The maximum atomic E-state index is 11.3. The molecule has 0 aliphatic heterocycles. The van der Waals surface area contributed by atoms with Crippen molar-refractivity contribution in [3.05, 3.63) is 0 Å². The second-order valence-electron chi connectivity index (χ2n) is 13.2. The van der Waals surface area contributed by atoms with Gasteiger partial charge >= 0.3 is 48.9 Å². The van der Waals surface area contributed by atoms with Gasteiger partial charge in [0, 0.05) is 10.5 Å². The zero-order chi connectivity index (χ0) is 33.4. The van der Waals surface area contributed by atoms with E-state index in [1.807, 2.05) is 0 Å². The summed E-state index contributed by atoms with van der Waals surface area (Å²) in [5, 5.41) is -1.29. The van der Waals surface area contributed by atoms with Crippen LogP contribution in [0, 0.1) is 0 Å². The summed E-state index contributed by atoms with van der Waals surface area (Å²) in [6.45, 7) is 8.75. The minimum absolute atomic E-state index is 0. The van der Waals surface area contributed by atoms with Gasteiger partial charge in [-0.05, 0) is 25.7 Å². The number of hydrogen-bond donors (Lipinski definition) is 0. The molecule has 0 bridgehead atoms. The maximum Gasteiger partial charge on any atom is 2.00 e. The van der Waals surface area contributed by atoms with E-state index in [-0.39, 0.29) is 48.9 Å². The van der Waals surface area contributed by atoms with Crippen LogP contribution in [0.1, 0.15) is 220 Å². The Hall–Kier alpha value is 1.39. The minimum atomic E-state index is -4.11. The van der Waals surface area contributed by atoms with Crippen molar-refractivity contribution in [1.82, 2.24) is 0 Å². The number of hydrogen-bond acceptors (Lipinski definition) is 6. The molecule has 45 heavy (non-hydrogen) atoms. The molecule has 0 fully saturated rings. The summed E-state index contributed by atoms with van der Waals surface area (Å²) in [6, 6.07) is 0. The van der Waals surface area contributed by atoms with Gasteiger partial charge in [0.05, 0.1) is 20.2 Å². The van der Waals surface area contributed by atoms with Gasteiger partial charge in [-0.15, -0.1) is 0 Å². The van der Waals surface area contributed by atoms with Gasteiger partial charge in [0.15, 0.2) is 0 Å². The zero-order valence-corrected chi connectivity index (χ0v) is 36.4. The van der Waals surface area contributed by atoms with E-state index >= 15 is 0 Å². The van der Waals surface area contributed by atoms with Crippen LogP contribution < -0.4 is 0 Å². The molecule has 0 radical (unpaired) electrons. The Balaban J connectivity index is -0.000000767. The Morgan fingerprint density at radius 1 is 0.333 bits per heavy atom. The second-order valence-corrected chi connectivity index (χ2v) is 16.5. The molecule has 0 aromatic carbocycles. The van der Waals surface area contributed by atoms with Crippen molar-refractivity contribution in [2.24, 2.45) is 0 Å². The van der Waals surface area contributed by atoms with Crippen molar-refractivity contribution in [1.29, 1.82) is 0 Å². The average Bonchev–Trinajstić information content (AvgIpc) is 2.96. The van der Waals surface area contributed by atoms with Crippen molar-refractivity contribution in [3.63, 3.8) is 0 Å². The summed E-state index contributed by atoms with van der Waals surface area (Å²) in [5.41, 5.74) is 0. The Morgan fingerprint density at radius 3 is 0.644 bits per heavy atom. The molecule has 0 rings (SSSR count). The quantitative estimate of drug-likeness (QED) is 0.0380. The SMILES string of the molecule is CCCCCCCCCCC(CCCCCCC)S(=O)(=O)[O-].CCCCCCCCCCC(CCCCCCC)S(=O)(=O)[O-].[Ba+2]. The molecule has 0 amide bonds. The monoisotopic (exact) mass is 804 g/mol. The van der Waals surface area contributed by atoms with Crippen molar-refractivity contribution in [3.8, 4) is 0 Å². The molecule has 6 nitrogen and oxygen atoms in total. The average molecular weight is 804 g/mol. The van der Waals surface area contributed by atoms with E-state index in [1.54, 1.807) is 0 Å². The zero-order valence-electron chi connectivity index (χ0n) is 30.3. The van der Waals surface area contributed by atoms with Crippen LogP contribution in [0.3, 0.4) is 0 Å². The fourth-order valence-electron chi connectivity index (χ4n) is 5.83. The van der Waals surface area contributed by atoms with Gasteiger partial charge in [-0.2, -0.15) is 0 Å². The summed E-state index contributed by atoms with van der Waals surface area (Å²) in [6.07, 6.45) is 32.3. The van der Waals surface area contributed by atoms with Gasteiger partial charge in [-0.1, -0.05) is 195 Å². The molecule has 0 aliphatic carbocycles. The Kier molecular flexibility index (Phi) is 41.4. The normalized spacial score (nSPS) is 13.1. The van der Waals surface area contributed by atoms with Gasteiger partial charge in [-0.25, -0.2) is 16.8 Å². The van der Waals surface area contributed by atoms with Gasteiger partial charge in [0.2, 0.25) is 0 Å². The third-order valence-corrected chi connectivity index (χ3v) is 11.4. The van der Waals surface area contributed by atoms with Crippen LogP contribution in [0.25, 0.3) is 0 Å². The molecule has 0 N–H and O–H groups in total. The van der Waals surface area contributed by atoms with E-state index in [0.717, 1.165) is 64.2 Å². The van der Waals surface area contributed by atoms with E-state index < -0.39 is 30.7 Å². The number of unbranched alkanes of at least 4 members (excludes halogenated alkanes) is 22. The first-order valence-electron chi connectivity index (χ1n) is 18.9. The first-order chi connectivity index (χ1) is 21.0. The van der Waals surface area contributed by atoms with Crippen LogP contribution in [0.5, 0.6) is 0 Å². The van der Waals surface area contributed by atoms with Crippen molar-refractivity contribution in [2.45, 2.75) is 231 Å². The predicted molar refractivity (Wildman–Crippen MR) is 194 cm³/mol. The van der Waals surface area contributed by atoms with Gasteiger partial charge in [0.25, 0.3) is 0 Å². The van der Waals surface area contributed by atoms with Crippen molar-refractivity contribution in [2.75, 3.05) is 0 Å². The minimum Gasteiger partial charge on any atom is -0.748 e. The van der Waals surface area contributed by atoms with Gasteiger partial charge < -0.3 is 9.11 Å². The molecule has 0 saturated heterocycles. The standard InChI is InChI=1S/2C18H38O3S.Ba/c2*1-3-5-7-9-10-11-13-15-17-18(22(19,20)21)16-14-12-8-6-4-2;/h2*18H,3-17H2,1-2H3,(H,19,20,21);/q;;+2/p-2. The Bertz CT molecular complexity index is 723. The molecule has 2 unspecified atom stereocenters. The topological polar surface area (TPSA) is 114 Å². The molecular weight excluding hydrogens is 730 g/mol. The maximum absolute atomic E-state index is 11.3. The Labute approximate surface area is 322 Å². The predicted octanol–water partition coefficient (Wildman–Crippen LogP) is 11.2. The smallest absolute Gasteiger partial charge is 0.748 e. The van der Waals surface area contributed by atoms with Crippen LogP contribution in [-0.4, -0.2) is 85.3 Å². The summed E-state index contributed by atoms with van der Waals surface area (Å²) >= 11 is 0. The molecule has 9 heteroatoms. The molecule has 0 aromatic rings. The number of rotatable bonds is 32. The molecular formula is C36H74BaO6S2. The first kappa shape index (κ1) is 50.8. The van der Waals surface area contributed by atoms with Crippen LogP contribution in [0.15, 0.2) is 0 Å². The molecule has 0 aromatic heterocycles. The summed E-state index contributed by atoms with van der Waals surface area (Å²) < 4.78 is 68.0. The van der Waals surface area contributed by atoms with Crippen molar-refractivity contribution >= 4 is 69.1 Å². The molecule has 0 aliphatic rings. The molecule has 0 saturated carbocycles. The molecule has 268 valence electrons. The van der Waals surface area contributed by atoms with Crippen LogP contribution in [0.4, 0.5) is 0 Å². The Morgan fingerprint density at radius 2 is 0.489 bits per heavy atom. The van der Waals surface area contributed by atoms with Crippen molar-refractivity contribution < 1.29 is 25.9 Å². The third kappa shape index (κ3) is 38.1. The summed E-state index contributed by atoms with van der Waals surface area (Å²) in [4.78, 5) is 0. The first-order valence-corrected chi connectivity index (χ1v) is 21.9. The molecule has 2 atom stereocenters. The van der Waals surface area contributed by atoms with E-state index in [4.69, 9.17) is 0 Å². The molecule has 0 heterocycles.